The number of nitrogens with zero attached hydrogens (tertiary/aromatic N) is 4. The molecule has 3 heterocycles. The molecule has 0 unspecified atom stereocenters. The first-order valence-corrected chi connectivity index (χ1v) is 10.2. The Morgan fingerprint density at radius 1 is 1.15 bits per heavy atom. The Balaban J connectivity index is 1.46. The van der Waals surface area contributed by atoms with E-state index in [1.165, 1.54) is 0 Å². The van der Waals surface area contributed by atoms with E-state index in [4.69, 9.17) is 4.98 Å². The highest BCUT2D eigenvalue weighted by Gasteiger charge is 2.21. The fourth-order valence-electron chi connectivity index (χ4n) is 3.20. The predicted molar refractivity (Wildman–Crippen MR) is 111 cm³/mol. The molecule has 3 aromatic rings. The van der Waals surface area contributed by atoms with Crippen LogP contribution >= 0.6 is 11.3 Å². The molecule has 1 aromatic carbocycles. The van der Waals surface area contributed by atoms with Crippen molar-refractivity contribution in [3.8, 4) is 0 Å². The van der Waals surface area contributed by atoms with E-state index in [2.05, 4.69) is 26.2 Å². The van der Waals surface area contributed by atoms with E-state index in [9.17, 15) is 4.79 Å². The molecule has 1 saturated heterocycles. The summed E-state index contributed by atoms with van der Waals surface area (Å²) in [5.74, 6) is 1.02. The molecule has 0 atom stereocenters. The molecule has 7 heteroatoms. The third-order valence-electron chi connectivity index (χ3n) is 4.70. The number of hydrogen-bond acceptors (Lipinski definition) is 6. The van der Waals surface area contributed by atoms with Crippen molar-refractivity contribution >= 4 is 38.4 Å². The Hall–Kier alpha value is -2.67. The molecule has 0 aliphatic carbocycles. The minimum atomic E-state index is -0.0160. The number of hydrogen-bond donors (Lipinski definition) is 1. The first kappa shape index (κ1) is 17.7. The summed E-state index contributed by atoms with van der Waals surface area (Å²) < 4.78 is 1.06. The van der Waals surface area contributed by atoms with Crippen molar-refractivity contribution in [2.75, 3.05) is 42.5 Å². The minimum Gasteiger partial charge on any atom is -0.353 e. The van der Waals surface area contributed by atoms with Gasteiger partial charge in [-0.3, -0.25) is 4.79 Å². The Kier molecular flexibility index (Phi) is 5.20. The fraction of sp³-hybridized carbons (Fsp3) is 0.350. The smallest absolute Gasteiger partial charge is 0.251 e. The normalized spacial score (nSPS) is 14.6. The van der Waals surface area contributed by atoms with Gasteiger partial charge < -0.3 is 15.1 Å². The van der Waals surface area contributed by atoms with Gasteiger partial charge in [-0.25, -0.2) is 9.97 Å². The van der Waals surface area contributed by atoms with Crippen molar-refractivity contribution in [2.24, 2.45) is 0 Å². The Bertz CT molecular complexity index is 919. The Labute approximate surface area is 162 Å². The third kappa shape index (κ3) is 3.88. The van der Waals surface area contributed by atoms with Gasteiger partial charge in [-0.2, -0.15) is 0 Å². The van der Waals surface area contributed by atoms with Gasteiger partial charge >= 0.3 is 0 Å². The van der Waals surface area contributed by atoms with E-state index in [1.54, 1.807) is 11.3 Å². The van der Waals surface area contributed by atoms with Crippen molar-refractivity contribution < 1.29 is 4.79 Å². The van der Waals surface area contributed by atoms with Crippen LogP contribution in [0.5, 0.6) is 0 Å². The molecule has 1 aliphatic heterocycles. The number of piperazine rings is 1. The first-order chi connectivity index (χ1) is 13.2. The van der Waals surface area contributed by atoms with Crippen molar-refractivity contribution in [2.45, 2.75) is 13.3 Å². The fourth-order valence-corrected chi connectivity index (χ4v) is 4.25. The number of carbonyl (C=O) groups excluding carboxylic acids is 1. The number of carbonyl (C=O) groups is 1. The van der Waals surface area contributed by atoms with Gasteiger partial charge in [-0.1, -0.05) is 24.3 Å². The lowest BCUT2D eigenvalue weighted by Gasteiger charge is -2.35. The molecule has 1 N–H and O–H groups in total. The summed E-state index contributed by atoms with van der Waals surface area (Å²) in [7, 11) is 0. The van der Waals surface area contributed by atoms with Crippen LogP contribution < -0.4 is 15.1 Å². The summed E-state index contributed by atoms with van der Waals surface area (Å²) in [5.41, 5.74) is 1.65. The van der Waals surface area contributed by atoms with E-state index in [0.717, 1.165) is 53.8 Å². The number of anilines is 2. The number of benzene rings is 1. The third-order valence-corrected chi connectivity index (χ3v) is 5.78. The van der Waals surface area contributed by atoms with E-state index in [1.807, 2.05) is 43.5 Å². The SMILES string of the molecule is CCCNC(=O)c1ccc2nc(N3CCN(c4ccccn4)CC3)sc2c1. The molecule has 1 aliphatic rings. The van der Waals surface area contributed by atoms with Crippen LogP contribution in [0.2, 0.25) is 0 Å². The number of fused-ring (bicyclic) bond motifs is 1. The Morgan fingerprint density at radius 2 is 1.96 bits per heavy atom. The summed E-state index contributed by atoms with van der Waals surface area (Å²) >= 11 is 1.66. The van der Waals surface area contributed by atoms with E-state index < -0.39 is 0 Å². The van der Waals surface area contributed by atoms with Gasteiger partial charge in [0.1, 0.15) is 5.82 Å². The molecule has 1 amide bonds. The van der Waals surface area contributed by atoms with Crippen LogP contribution in [0.15, 0.2) is 42.6 Å². The number of pyridine rings is 1. The molecule has 0 bridgehead atoms. The molecular formula is C20H23N5OS. The van der Waals surface area contributed by atoms with Gasteiger partial charge in [0.05, 0.1) is 10.2 Å². The quantitative estimate of drug-likeness (QED) is 0.736. The van der Waals surface area contributed by atoms with Gasteiger partial charge in [0.2, 0.25) is 0 Å². The maximum atomic E-state index is 12.2. The first-order valence-electron chi connectivity index (χ1n) is 9.34. The second-order valence-corrected chi connectivity index (χ2v) is 7.61. The molecular weight excluding hydrogens is 358 g/mol. The number of amides is 1. The lowest BCUT2D eigenvalue weighted by atomic mass is 10.2. The molecule has 0 spiro atoms. The second-order valence-electron chi connectivity index (χ2n) is 6.60. The summed E-state index contributed by atoms with van der Waals surface area (Å²) in [6.07, 6.45) is 2.77. The molecule has 140 valence electrons. The van der Waals surface area contributed by atoms with Crippen LogP contribution in [0.3, 0.4) is 0 Å². The van der Waals surface area contributed by atoms with Gasteiger partial charge in [0.25, 0.3) is 5.91 Å². The van der Waals surface area contributed by atoms with Crippen LogP contribution in [-0.4, -0.2) is 48.6 Å². The Morgan fingerprint density at radius 3 is 2.70 bits per heavy atom. The van der Waals surface area contributed by atoms with E-state index in [0.29, 0.717) is 12.1 Å². The van der Waals surface area contributed by atoms with Crippen LogP contribution in [0.25, 0.3) is 10.2 Å². The molecule has 0 saturated carbocycles. The zero-order valence-electron chi connectivity index (χ0n) is 15.4. The topological polar surface area (TPSA) is 61.4 Å². The summed E-state index contributed by atoms with van der Waals surface area (Å²) in [6.45, 7) is 6.44. The highest BCUT2D eigenvalue weighted by Crippen LogP contribution is 2.30. The van der Waals surface area contributed by atoms with Gasteiger partial charge in [0.15, 0.2) is 5.13 Å². The highest BCUT2D eigenvalue weighted by atomic mass is 32.1. The molecule has 6 nitrogen and oxygen atoms in total. The maximum Gasteiger partial charge on any atom is 0.251 e. The predicted octanol–water partition coefficient (Wildman–Crippen LogP) is 3.16. The van der Waals surface area contributed by atoms with Crippen molar-refractivity contribution in [3.63, 3.8) is 0 Å². The largest absolute Gasteiger partial charge is 0.353 e. The number of aromatic nitrogens is 2. The van der Waals surface area contributed by atoms with Crippen molar-refractivity contribution in [1.82, 2.24) is 15.3 Å². The minimum absolute atomic E-state index is 0.0160. The zero-order chi connectivity index (χ0) is 18.6. The summed E-state index contributed by atoms with van der Waals surface area (Å²) in [4.78, 5) is 26.0. The van der Waals surface area contributed by atoms with Gasteiger partial charge in [0, 0.05) is 44.5 Å². The molecule has 1 fully saturated rings. The van der Waals surface area contributed by atoms with Crippen molar-refractivity contribution in [1.29, 1.82) is 0 Å². The molecule has 27 heavy (non-hydrogen) atoms. The lowest BCUT2D eigenvalue weighted by Crippen LogP contribution is -2.46. The molecule has 0 radical (unpaired) electrons. The molecule has 2 aromatic heterocycles. The monoisotopic (exact) mass is 381 g/mol. The highest BCUT2D eigenvalue weighted by molar-refractivity contribution is 7.22. The van der Waals surface area contributed by atoms with E-state index >= 15 is 0 Å². The van der Waals surface area contributed by atoms with Crippen LogP contribution in [0.4, 0.5) is 10.9 Å². The maximum absolute atomic E-state index is 12.2. The second kappa shape index (κ2) is 7.92. The van der Waals surface area contributed by atoms with E-state index in [-0.39, 0.29) is 5.91 Å². The van der Waals surface area contributed by atoms with Crippen LogP contribution in [-0.2, 0) is 0 Å². The van der Waals surface area contributed by atoms with Gasteiger partial charge in [-0.05, 0) is 36.8 Å². The number of thiazole rings is 1. The average molecular weight is 382 g/mol. The number of nitrogens with one attached hydrogen (secondary N) is 1. The van der Waals surface area contributed by atoms with Crippen LogP contribution in [0.1, 0.15) is 23.7 Å². The lowest BCUT2D eigenvalue weighted by molar-refractivity contribution is 0.0954. The van der Waals surface area contributed by atoms with Crippen molar-refractivity contribution in [3.05, 3.63) is 48.2 Å². The standard InChI is InChI=1S/C20H23N5OS/c1-2-8-22-19(26)15-6-7-16-17(14-15)27-20(23-16)25-12-10-24(11-13-25)18-5-3-4-9-21-18/h3-7,9,14H,2,8,10-13H2,1H3,(H,22,26). The summed E-state index contributed by atoms with van der Waals surface area (Å²) in [6, 6.07) is 11.8. The molecule has 4 rings (SSSR count). The van der Waals surface area contributed by atoms with Gasteiger partial charge in [-0.15, -0.1) is 0 Å². The summed E-state index contributed by atoms with van der Waals surface area (Å²) in [5, 5.41) is 3.95. The zero-order valence-corrected chi connectivity index (χ0v) is 16.2. The van der Waals surface area contributed by atoms with Crippen LogP contribution in [0, 0.1) is 0 Å². The number of rotatable bonds is 5. The average Bonchev–Trinajstić information content (AvgIpc) is 3.16.